The molecule has 5 aromatic rings. The minimum absolute atomic E-state index is 0.463. The Kier molecular flexibility index (Phi) is 4.33. The molecule has 0 aliphatic carbocycles. The average molecular weight is 432 g/mol. The topological polar surface area (TPSA) is 81.8 Å². The molecule has 0 fully saturated rings. The maximum atomic E-state index is 12.1. The zero-order chi connectivity index (χ0) is 21.8. The third kappa shape index (κ3) is 3.34. The van der Waals surface area contributed by atoms with Crippen LogP contribution in [0, 0.1) is 0 Å². The van der Waals surface area contributed by atoms with Crippen molar-refractivity contribution in [3.63, 3.8) is 0 Å². The van der Waals surface area contributed by atoms with Gasteiger partial charge in [-0.3, -0.25) is 4.72 Å². The first kappa shape index (κ1) is 19.3. The zero-order valence-electron chi connectivity index (χ0n) is 17.4. The Hall–Kier alpha value is -3.65. The van der Waals surface area contributed by atoms with E-state index in [9.17, 15) is 8.42 Å². The van der Waals surface area contributed by atoms with Gasteiger partial charge in [-0.25, -0.2) is 18.4 Å². The van der Waals surface area contributed by atoms with Crippen LogP contribution >= 0.6 is 0 Å². The Labute approximate surface area is 180 Å². The number of benzene rings is 3. The van der Waals surface area contributed by atoms with Crippen molar-refractivity contribution in [1.29, 1.82) is 0 Å². The Balaban J connectivity index is 1.72. The first-order chi connectivity index (χ1) is 14.8. The molecule has 5 rings (SSSR count). The van der Waals surface area contributed by atoms with Crippen molar-refractivity contribution < 1.29 is 8.42 Å². The summed E-state index contributed by atoms with van der Waals surface area (Å²) in [5.74, 6) is 1.44. The minimum atomic E-state index is -3.50. The van der Waals surface area contributed by atoms with E-state index >= 15 is 0 Å². The van der Waals surface area contributed by atoms with Gasteiger partial charge in [0, 0.05) is 25.2 Å². The van der Waals surface area contributed by atoms with Crippen LogP contribution in [0.25, 0.3) is 44.8 Å². The van der Waals surface area contributed by atoms with Crippen molar-refractivity contribution in [2.75, 3.05) is 11.0 Å². The maximum Gasteiger partial charge on any atom is 0.229 e. The van der Waals surface area contributed by atoms with E-state index in [1.54, 1.807) is 0 Å². The van der Waals surface area contributed by atoms with E-state index in [2.05, 4.69) is 4.72 Å². The lowest BCUT2D eigenvalue weighted by Gasteiger charge is -2.13. The third-order valence-corrected chi connectivity index (χ3v) is 5.98. The van der Waals surface area contributed by atoms with Gasteiger partial charge in [-0.05, 0) is 36.4 Å². The molecule has 2 aromatic heterocycles. The van der Waals surface area contributed by atoms with Gasteiger partial charge < -0.3 is 9.13 Å². The van der Waals surface area contributed by atoms with Crippen LogP contribution in [0.5, 0.6) is 0 Å². The molecule has 0 radical (unpaired) electrons. The molecular weight excluding hydrogens is 410 g/mol. The highest BCUT2D eigenvalue weighted by atomic mass is 32.2. The van der Waals surface area contributed by atoms with E-state index in [1.807, 2.05) is 90.0 Å². The molecule has 0 aliphatic rings. The molecule has 0 aliphatic heterocycles. The molecule has 31 heavy (non-hydrogen) atoms. The summed E-state index contributed by atoms with van der Waals surface area (Å²) >= 11 is 0. The molecule has 0 saturated heterocycles. The highest BCUT2D eigenvalue weighted by molar-refractivity contribution is 7.92. The van der Waals surface area contributed by atoms with Gasteiger partial charge >= 0.3 is 0 Å². The monoisotopic (exact) mass is 431 g/mol. The molecular formula is C23H21N5O2S. The molecule has 2 heterocycles. The molecule has 1 N–H and O–H groups in total. The third-order valence-electron chi connectivity index (χ3n) is 5.39. The van der Waals surface area contributed by atoms with Crippen LogP contribution < -0.4 is 4.72 Å². The van der Waals surface area contributed by atoms with Crippen LogP contribution in [0.3, 0.4) is 0 Å². The van der Waals surface area contributed by atoms with Crippen LogP contribution in [0.15, 0.2) is 66.7 Å². The number of rotatable bonds is 4. The van der Waals surface area contributed by atoms with Gasteiger partial charge in [0.1, 0.15) is 11.6 Å². The lowest BCUT2D eigenvalue weighted by Crippen LogP contribution is -2.11. The lowest BCUT2D eigenvalue weighted by molar-refractivity contribution is 0.607. The quantitative estimate of drug-likeness (QED) is 0.463. The first-order valence-electron chi connectivity index (χ1n) is 9.77. The number of hydrogen-bond acceptors (Lipinski definition) is 4. The number of aryl methyl sites for hydroxylation is 2. The zero-order valence-corrected chi connectivity index (χ0v) is 18.2. The number of aromatic nitrogens is 4. The van der Waals surface area contributed by atoms with Gasteiger partial charge in [-0.15, -0.1) is 0 Å². The van der Waals surface area contributed by atoms with Gasteiger partial charge in [0.25, 0.3) is 0 Å². The molecule has 8 heteroatoms. The second-order valence-corrected chi connectivity index (χ2v) is 9.35. The predicted molar refractivity (Wildman–Crippen MR) is 124 cm³/mol. The van der Waals surface area contributed by atoms with Gasteiger partial charge in [-0.2, -0.15) is 0 Å². The summed E-state index contributed by atoms with van der Waals surface area (Å²) in [6, 6.07) is 21.4. The number of nitrogens with zero attached hydrogens (tertiary/aromatic N) is 4. The smallest absolute Gasteiger partial charge is 0.229 e. The largest absolute Gasteiger partial charge is 0.327 e. The fourth-order valence-corrected chi connectivity index (χ4v) is 4.52. The average Bonchev–Trinajstić information content (AvgIpc) is 3.25. The summed E-state index contributed by atoms with van der Waals surface area (Å²) in [5.41, 5.74) is 5.70. The van der Waals surface area contributed by atoms with Gasteiger partial charge in [-0.1, -0.05) is 30.3 Å². The van der Waals surface area contributed by atoms with E-state index in [4.69, 9.17) is 9.97 Å². The van der Waals surface area contributed by atoms with Crippen molar-refractivity contribution in [2.24, 2.45) is 14.1 Å². The number of fused-ring (bicyclic) bond motifs is 2. The highest BCUT2D eigenvalue weighted by Crippen LogP contribution is 2.34. The molecule has 0 spiro atoms. The highest BCUT2D eigenvalue weighted by Gasteiger charge is 2.18. The Bertz CT molecular complexity index is 1560. The SMILES string of the molecule is Cn1c(-c2ccc(-c3nc4ccccc4n3C)c(NS(C)(=O)=O)c2)nc2ccccc21. The van der Waals surface area contributed by atoms with Crippen LogP contribution in [0.2, 0.25) is 0 Å². The van der Waals surface area contributed by atoms with Gasteiger partial charge in [0.2, 0.25) is 10.0 Å². The van der Waals surface area contributed by atoms with E-state index in [-0.39, 0.29) is 0 Å². The Morgan fingerprint density at radius 2 is 1.32 bits per heavy atom. The van der Waals surface area contributed by atoms with E-state index in [1.165, 1.54) is 0 Å². The molecule has 0 bridgehead atoms. The second kappa shape index (κ2) is 6.95. The number of imidazole rings is 2. The van der Waals surface area contributed by atoms with Crippen molar-refractivity contribution in [3.05, 3.63) is 66.7 Å². The molecule has 0 saturated carbocycles. The summed E-state index contributed by atoms with van der Waals surface area (Å²) in [6.45, 7) is 0. The molecule has 156 valence electrons. The fourth-order valence-electron chi connectivity index (χ4n) is 3.95. The number of sulfonamides is 1. The molecule has 0 atom stereocenters. The van der Waals surface area contributed by atoms with E-state index in [0.717, 1.165) is 39.7 Å². The lowest BCUT2D eigenvalue weighted by atomic mass is 10.1. The number of hydrogen-bond donors (Lipinski definition) is 1. The van der Waals surface area contributed by atoms with E-state index in [0.29, 0.717) is 17.1 Å². The minimum Gasteiger partial charge on any atom is -0.327 e. The second-order valence-electron chi connectivity index (χ2n) is 7.60. The maximum absolute atomic E-state index is 12.1. The predicted octanol–water partition coefficient (Wildman–Crippen LogP) is 4.17. The standard InChI is InChI=1S/C23H21N5O2S/c1-27-20-10-6-4-8-17(20)24-22(27)15-12-13-16(19(14-15)26-31(3,29)30)23-25-18-9-5-7-11-21(18)28(23)2/h4-14,26H,1-3H3. The fraction of sp³-hybridized carbons (Fsp3) is 0.130. The van der Waals surface area contributed by atoms with Crippen LogP contribution in [-0.4, -0.2) is 33.8 Å². The first-order valence-corrected chi connectivity index (χ1v) is 11.7. The number of anilines is 1. The summed E-state index contributed by atoms with van der Waals surface area (Å²) in [4.78, 5) is 9.47. The number of nitrogens with one attached hydrogen (secondary N) is 1. The van der Waals surface area contributed by atoms with Crippen LogP contribution in [0.1, 0.15) is 0 Å². The molecule has 7 nitrogen and oxygen atoms in total. The number of para-hydroxylation sites is 4. The van der Waals surface area contributed by atoms with Crippen molar-refractivity contribution in [3.8, 4) is 22.8 Å². The summed E-state index contributed by atoms with van der Waals surface area (Å²) in [6.07, 6.45) is 1.15. The summed E-state index contributed by atoms with van der Waals surface area (Å²) in [7, 11) is 0.378. The Morgan fingerprint density at radius 3 is 1.90 bits per heavy atom. The molecule has 0 amide bonds. The van der Waals surface area contributed by atoms with Crippen molar-refractivity contribution >= 4 is 37.8 Å². The van der Waals surface area contributed by atoms with Gasteiger partial charge in [0.15, 0.2) is 0 Å². The summed E-state index contributed by atoms with van der Waals surface area (Å²) < 4.78 is 30.9. The van der Waals surface area contributed by atoms with Crippen molar-refractivity contribution in [1.82, 2.24) is 19.1 Å². The molecule has 0 unspecified atom stereocenters. The molecule has 3 aromatic carbocycles. The van der Waals surface area contributed by atoms with Crippen LogP contribution in [0.4, 0.5) is 5.69 Å². The Morgan fingerprint density at radius 1 is 0.774 bits per heavy atom. The van der Waals surface area contributed by atoms with E-state index < -0.39 is 10.0 Å². The summed E-state index contributed by atoms with van der Waals surface area (Å²) in [5, 5.41) is 0. The van der Waals surface area contributed by atoms with Crippen molar-refractivity contribution in [2.45, 2.75) is 0 Å². The normalized spacial score (nSPS) is 12.0. The van der Waals surface area contributed by atoms with Gasteiger partial charge in [0.05, 0.1) is 34.0 Å². The van der Waals surface area contributed by atoms with Crippen LogP contribution in [-0.2, 0) is 24.1 Å².